The van der Waals surface area contributed by atoms with Crippen LogP contribution in [0.4, 0.5) is 0 Å². The maximum atomic E-state index is 11.8. The van der Waals surface area contributed by atoms with Crippen LogP contribution in [0.5, 0.6) is 5.75 Å². The summed E-state index contributed by atoms with van der Waals surface area (Å²) in [4.78, 5) is 14.5. The van der Waals surface area contributed by atoms with Gasteiger partial charge in [-0.05, 0) is 36.6 Å². The fourth-order valence-corrected chi connectivity index (χ4v) is 2.74. The molecular weight excluding hydrogens is 266 g/mol. The van der Waals surface area contributed by atoms with Crippen LogP contribution in [0.3, 0.4) is 0 Å². The summed E-state index contributed by atoms with van der Waals surface area (Å²) in [5.41, 5.74) is 11.2. The van der Waals surface area contributed by atoms with E-state index in [2.05, 4.69) is 16.1 Å². The van der Waals surface area contributed by atoms with Crippen molar-refractivity contribution in [2.45, 2.75) is 52.9 Å². The molecule has 5 heteroatoms. The maximum Gasteiger partial charge on any atom is 0.167 e. The summed E-state index contributed by atoms with van der Waals surface area (Å²) in [7, 11) is 0. The number of rotatable bonds is 7. The van der Waals surface area contributed by atoms with E-state index in [-0.39, 0.29) is 17.9 Å². The molecule has 0 aliphatic carbocycles. The second kappa shape index (κ2) is 7.14. The first-order chi connectivity index (χ1) is 9.81. The normalized spacial score (nSPS) is 10.9. The maximum absolute atomic E-state index is 11.8. The summed E-state index contributed by atoms with van der Waals surface area (Å²) in [5.74, 6) is 0.912. The fraction of sp³-hybridized carbons (Fsp3) is 0.562. The van der Waals surface area contributed by atoms with Crippen LogP contribution in [0.25, 0.3) is 10.4 Å². The molecule has 0 atom stereocenters. The van der Waals surface area contributed by atoms with E-state index in [1.165, 1.54) is 0 Å². The van der Waals surface area contributed by atoms with Gasteiger partial charge in [-0.3, -0.25) is 4.79 Å². The molecule has 114 valence electrons. The van der Waals surface area contributed by atoms with E-state index in [0.717, 1.165) is 16.7 Å². The van der Waals surface area contributed by atoms with Crippen molar-refractivity contribution in [3.8, 4) is 5.75 Å². The number of aryl methyl sites for hydroxylation is 2. The largest absolute Gasteiger partial charge is 0.487 e. The molecule has 0 spiro atoms. The van der Waals surface area contributed by atoms with Gasteiger partial charge in [-0.2, -0.15) is 0 Å². The Hall–Kier alpha value is -2.00. The first-order valence-corrected chi connectivity index (χ1v) is 7.09. The van der Waals surface area contributed by atoms with Crippen molar-refractivity contribution in [2.75, 3.05) is 6.73 Å². The van der Waals surface area contributed by atoms with Crippen molar-refractivity contribution in [1.29, 1.82) is 0 Å². The molecule has 0 aromatic heterocycles. The van der Waals surface area contributed by atoms with E-state index in [4.69, 9.17) is 10.3 Å². The average molecular weight is 289 g/mol. The molecule has 5 nitrogen and oxygen atoms in total. The SMILES string of the molecule is CCC(=O)CC(C)(C)c1c(C)cc(C)cc1OCN=[N+]=[N-]. The quantitative estimate of drug-likeness (QED) is 0.418. The van der Waals surface area contributed by atoms with Gasteiger partial charge in [-0.1, -0.05) is 32.0 Å². The Bertz CT molecular complexity index is 573. The van der Waals surface area contributed by atoms with Crippen LogP contribution in [-0.2, 0) is 10.2 Å². The Labute approximate surface area is 125 Å². The third-order valence-corrected chi connectivity index (χ3v) is 3.49. The fourth-order valence-electron chi connectivity index (χ4n) is 2.74. The number of hydrogen-bond donors (Lipinski definition) is 0. The van der Waals surface area contributed by atoms with E-state index >= 15 is 0 Å². The lowest BCUT2D eigenvalue weighted by Gasteiger charge is -2.29. The highest BCUT2D eigenvalue weighted by Gasteiger charge is 2.29. The molecule has 0 heterocycles. The molecule has 0 aliphatic rings. The summed E-state index contributed by atoms with van der Waals surface area (Å²) < 4.78 is 5.61. The van der Waals surface area contributed by atoms with E-state index in [1.807, 2.05) is 40.7 Å². The number of carbonyl (C=O) groups is 1. The molecule has 1 aromatic rings. The van der Waals surface area contributed by atoms with Crippen LogP contribution in [0.2, 0.25) is 0 Å². The zero-order chi connectivity index (χ0) is 16.0. The van der Waals surface area contributed by atoms with Gasteiger partial charge in [0.15, 0.2) is 6.73 Å². The molecular formula is C16H23N3O2. The van der Waals surface area contributed by atoms with Crippen molar-refractivity contribution >= 4 is 5.78 Å². The number of hydrogen-bond acceptors (Lipinski definition) is 3. The van der Waals surface area contributed by atoms with Crippen LogP contribution in [0.1, 0.15) is 50.3 Å². The molecule has 0 bridgehead atoms. The zero-order valence-electron chi connectivity index (χ0n) is 13.4. The first kappa shape index (κ1) is 17.1. The van der Waals surface area contributed by atoms with Gasteiger partial charge in [0.25, 0.3) is 0 Å². The molecule has 21 heavy (non-hydrogen) atoms. The summed E-state index contributed by atoms with van der Waals surface area (Å²) >= 11 is 0. The van der Waals surface area contributed by atoms with Crippen molar-refractivity contribution in [3.05, 3.63) is 39.3 Å². The highest BCUT2D eigenvalue weighted by Crippen LogP contribution is 2.38. The minimum Gasteiger partial charge on any atom is -0.487 e. The number of ether oxygens (including phenoxy) is 1. The molecule has 0 fully saturated rings. The number of nitrogens with zero attached hydrogens (tertiary/aromatic N) is 3. The molecule has 0 aliphatic heterocycles. The molecule has 0 radical (unpaired) electrons. The highest BCUT2D eigenvalue weighted by molar-refractivity contribution is 5.79. The van der Waals surface area contributed by atoms with Gasteiger partial charge in [0.05, 0.1) is 0 Å². The van der Waals surface area contributed by atoms with E-state index in [0.29, 0.717) is 18.6 Å². The van der Waals surface area contributed by atoms with E-state index in [1.54, 1.807) is 0 Å². The van der Waals surface area contributed by atoms with Gasteiger partial charge in [0.2, 0.25) is 0 Å². The van der Waals surface area contributed by atoms with Crippen LogP contribution in [0, 0.1) is 13.8 Å². The van der Waals surface area contributed by atoms with E-state index in [9.17, 15) is 4.79 Å². The number of carbonyl (C=O) groups excluding carboxylic acids is 1. The number of azide groups is 1. The van der Waals surface area contributed by atoms with Crippen LogP contribution in [-0.4, -0.2) is 12.5 Å². The zero-order valence-corrected chi connectivity index (χ0v) is 13.4. The van der Waals surface area contributed by atoms with Gasteiger partial charge in [0, 0.05) is 28.7 Å². The highest BCUT2D eigenvalue weighted by atomic mass is 16.5. The Morgan fingerprint density at radius 1 is 1.38 bits per heavy atom. The Kier molecular flexibility index (Phi) is 5.79. The molecule has 0 N–H and O–H groups in total. The predicted octanol–water partition coefficient (Wildman–Crippen LogP) is 4.60. The van der Waals surface area contributed by atoms with Crippen LogP contribution in [0.15, 0.2) is 17.2 Å². The van der Waals surface area contributed by atoms with Gasteiger partial charge >= 0.3 is 0 Å². The topological polar surface area (TPSA) is 75.1 Å². The minimum atomic E-state index is -0.323. The lowest BCUT2D eigenvalue weighted by atomic mass is 9.77. The summed E-state index contributed by atoms with van der Waals surface area (Å²) in [6.45, 7) is 9.91. The summed E-state index contributed by atoms with van der Waals surface area (Å²) in [6.07, 6.45) is 0.995. The molecule has 0 saturated carbocycles. The Morgan fingerprint density at radius 3 is 2.62 bits per heavy atom. The molecule has 1 rings (SSSR count). The first-order valence-electron chi connectivity index (χ1n) is 7.09. The van der Waals surface area contributed by atoms with Gasteiger partial charge in [0.1, 0.15) is 11.5 Å². The Balaban J connectivity index is 3.24. The summed E-state index contributed by atoms with van der Waals surface area (Å²) in [5, 5.41) is 3.42. The van der Waals surface area contributed by atoms with E-state index < -0.39 is 0 Å². The van der Waals surface area contributed by atoms with Gasteiger partial charge in [-0.25, -0.2) is 0 Å². The van der Waals surface area contributed by atoms with Crippen molar-refractivity contribution < 1.29 is 9.53 Å². The third-order valence-electron chi connectivity index (χ3n) is 3.49. The minimum absolute atomic E-state index is 0.0514. The number of benzene rings is 1. The smallest absolute Gasteiger partial charge is 0.167 e. The second-order valence-electron chi connectivity index (χ2n) is 5.91. The number of Topliss-reactive ketones (excluding diaryl/α,β-unsaturated/α-hetero) is 1. The van der Waals surface area contributed by atoms with Crippen molar-refractivity contribution in [1.82, 2.24) is 0 Å². The molecule has 0 saturated heterocycles. The average Bonchev–Trinajstić information content (AvgIpc) is 2.37. The van der Waals surface area contributed by atoms with Crippen LogP contribution >= 0.6 is 0 Å². The monoisotopic (exact) mass is 289 g/mol. The Morgan fingerprint density at radius 2 is 2.05 bits per heavy atom. The van der Waals surface area contributed by atoms with Crippen molar-refractivity contribution in [2.24, 2.45) is 5.11 Å². The molecule has 0 unspecified atom stereocenters. The summed E-state index contributed by atoms with van der Waals surface area (Å²) in [6, 6.07) is 4.00. The van der Waals surface area contributed by atoms with Crippen LogP contribution < -0.4 is 4.74 Å². The standard InChI is InChI=1S/C16H23N3O2/c1-6-13(20)9-16(4,5)15-12(3)7-11(2)8-14(15)21-10-18-19-17/h7-8H,6,9-10H2,1-5H3. The lowest BCUT2D eigenvalue weighted by molar-refractivity contribution is -0.119. The number of ketones is 1. The van der Waals surface area contributed by atoms with Crippen molar-refractivity contribution in [3.63, 3.8) is 0 Å². The predicted molar refractivity (Wildman–Crippen MR) is 83.5 cm³/mol. The second-order valence-corrected chi connectivity index (χ2v) is 5.91. The third kappa shape index (κ3) is 4.50. The molecule has 1 aromatic carbocycles. The lowest BCUT2D eigenvalue weighted by Crippen LogP contribution is -2.24. The van der Waals surface area contributed by atoms with Gasteiger partial charge in [-0.15, -0.1) is 0 Å². The van der Waals surface area contributed by atoms with Gasteiger partial charge < -0.3 is 4.74 Å². The molecule has 0 amide bonds.